The number of fused-ring (bicyclic) bond motifs is 1. The van der Waals surface area contributed by atoms with Crippen LogP contribution >= 0.6 is 0 Å². The van der Waals surface area contributed by atoms with Gasteiger partial charge in [0, 0.05) is 78.4 Å². The molecule has 0 radical (unpaired) electrons. The van der Waals surface area contributed by atoms with Crippen molar-refractivity contribution in [2.45, 2.75) is 6.54 Å². The average molecular weight is 561 g/mol. The molecule has 0 atom stereocenters. The first-order chi connectivity index (χ1) is 20.4. The van der Waals surface area contributed by atoms with E-state index in [0.29, 0.717) is 33.8 Å². The highest BCUT2D eigenvalue weighted by Gasteiger charge is 2.25. The summed E-state index contributed by atoms with van der Waals surface area (Å²) in [4.78, 5) is 46.3. The second kappa shape index (κ2) is 11.9. The molecule has 3 amide bonds. The van der Waals surface area contributed by atoms with Crippen LogP contribution in [0.15, 0.2) is 85.1 Å². The molecule has 6 rings (SSSR count). The number of anilines is 3. The smallest absolute Gasteiger partial charge is 0.256 e. The zero-order chi connectivity index (χ0) is 29.1. The normalized spacial score (nSPS) is 16.2. The van der Waals surface area contributed by atoms with Crippen LogP contribution in [0.5, 0.6) is 0 Å². The van der Waals surface area contributed by atoms with Gasteiger partial charge >= 0.3 is 0 Å². The fourth-order valence-electron chi connectivity index (χ4n) is 5.18. The number of likely N-dealkylation sites (N-methyl/N-ethyl adjacent to an activating group) is 1. The van der Waals surface area contributed by atoms with E-state index in [1.807, 2.05) is 36.4 Å². The van der Waals surface area contributed by atoms with E-state index in [-0.39, 0.29) is 17.7 Å². The number of benzene rings is 3. The van der Waals surface area contributed by atoms with Crippen LogP contribution in [0.2, 0.25) is 0 Å². The lowest BCUT2D eigenvalue weighted by Crippen LogP contribution is -2.43. The summed E-state index contributed by atoms with van der Waals surface area (Å²) in [7, 11) is 2.14. The molecule has 2 aliphatic heterocycles. The molecule has 0 bridgehead atoms. The molecule has 0 aliphatic carbocycles. The lowest BCUT2D eigenvalue weighted by Gasteiger charge is -2.32. The summed E-state index contributed by atoms with van der Waals surface area (Å²) in [6.45, 7) is 5.10. The Kier molecular flexibility index (Phi) is 7.68. The van der Waals surface area contributed by atoms with Crippen LogP contribution < -0.4 is 16.0 Å². The summed E-state index contributed by atoms with van der Waals surface area (Å²) in [6, 6.07) is 23.6. The van der Waals surface area contributed by atoms with Gasteiger partial charge in [0.1, 0.15) is 0 Å². The monoisotopic (exact) mass is 560 g/mol. The Balaban J connectivity index is 1.08. The first-order valence-corrected chi connectivity index (χ1v) is 13.9. The summed E-state index contributed by atoms with van der Waals surface area (Å²) in [5, 5.41) is 8.63. The Morgan fingerprint density at radius 2 is 1.52 bits per heavy atom. The minimum absolute atomic E-state index is 0.217. The van der Waals surface area contributed by atoms with Gasteiger partial charge in [-0.1, -0.05) is 24.3 Å². The molecule has 3 aromatic carbocycles. The number of piperazine rings is 1. The Labute approximate surface area is 244 Å². The average Bonchev–Trinajstić information content (AvgIpc) is 3.62. The maximum Gasteiger partial charge on any atom is 0.256 e. The number of hydrogen-bond donors (Lipinski definition) is 4. The van der Waals surface area contributed by atoms with Gasteiger partial charge in [0.2, 0.25) is 0 Å². The minimum atomic E-state index is -0.326. The third-order valence-electron chi connectivity index (χ3n) is 7.58. The zero-order valence-electron chi connectivity index (χ0n) is 23.3. The second-order valence-electron chi connectivity index (χ2n) is 10.7. The van der Waals surface area contributed by atoms with Gasteiger partial charge < -0.3 is 25.8 Å². The van der Waals surface area contributed by atoms with Crippen molar-refractivity contribution in [1.82, 2.24) is 14.8 Å². The van der Waals surface area contributed by atoms with Crippen molar-refractivity contribution in [2.24, 2.45) is 0 Å². The Morgan fingerprint density at radius 3 is 2.21 bits per heavy atom. The highest BCUT2D eigenvalue weighted by atomic mass is 16.2. The highest BCUT2D eigenvalue weighted by Crippen LogP contribution is 2.34. The molecule has 9 nitrogen and oxygen atoms in total. The molecule has 0 saturated carbocycles. The SMILES string of the molecule is CN1CCN(Cc2ccc(C(=O)Nc3cccc(NC(=O)c4ccc5c(c4)NC(=O)/C5=C\c4ccc[nH]4)c3)cc2)CC1. The van der Waals surface area contributed by atoms with Crippen molar-refractivity contribution >= 4 is 46.4 Å². The predicted octanol–water partition coefficient (Wildman–Crippen LogP) is 4.76. The first-order valence-electron chi connectivity index (χ1n) is 13.9. The number of rotatable bonds is 7. The topological polar surface area (TPSA) is 110 Å². The van der Waals surface area contributed by atoms with E-state index >= 15 is 0 Å². The third kappa shape index (κ3) is 6.17. The van der Waals surface area contributed by atoms with Crippen LogP contribution in [0.25, 0.3) is 11.6 Å². The molecule has 0 unspecified atom stereocenters. The largest absolute Gasteiger partial charge is 0.362 e. The van der Waals surface area contributed by atoms with E-state index in [4.69, 9.17) is 0 Å². The Morgan fingerprint density at radius 1 is 0.833 bits per heavy atom. The molecule has 2 aliphatic rings. The Bertz CT molecular complexity index is 1650. The van der Waals surface area contributed by atoms with Crippen LogP contribution in [-0.2, 0) is 11.3 Å². The maximum atomic E-state index is 13.0. The van der Waals surface area contributed by atoms with Gasteiger partial charge in [0.25, 0.3) is 17.7 Å². The van der Waals surface area contributed by atoms with E-state index in [2.05, 4.69) is 37.8 Å². The number of carbonyl (C=O) groups is 3. The van der Waals surface area contributed by atoms with Gasteiger partial charge in [-0.05, 0) is 73.3 Å². The lowest BCUT2D eigenvalue weighted by atomic mass is 10.0. The van der Waals surface area contributed by atoms with Crippen molar-refractivity contribution in [3.05, 3.63) is 113 Å². The van der Waals surface area contributed by atoms with Gasteiger partial charge in [-0.15, -0.1) is 0 Å². The third-order valence-corrected chi connectivity index (χ3v) is 7.58. The van der Waals surface area contributed by atoms with E-state index in [1.54, 1.807) is 54.7 Å². The van der Waals surface area contributed by atoms with Crippen LogP contribution in [0.4, 0.5) is 17.1 Å². The van der Waals surface area contributed by atoms with Crippen molar-refractivity contribution < 1.29 is 14.4 Å². The van der Waals surface area contributed by atoms with E-state index in [1.165, 1.54) is 5.56 Å². The van der Waals surface area contributed by atoms with E-state index in [0.717, 1.165) is 44.0 Å². The number of nitrogens with one attached hydrogen (secondary N) is 4. The summed E-state index contributed by atoms with van der Waals surface area (Å²) < 4.78 is 0. The maximum absolute atomic E-state index is 13.0. The molecule has 1 aromatic heterocycles. The number of aromatic amines is 1. The van der Waals surface area contributed by atoms with Crippen molar-refractivity contribution in [2.75, 3.05) is 49.2 Å². The van der Waals surface area contributed by atoms with Gasteiger partial charge in [-0.2, -0.15) is 0 Å². The molecule has 4 N–H and O–H groups in total. The predicted molar refractivity (Wildman–Crippen MR) is 165 cm³/mol. The second-order valence-corrected chi connectivity index (χ2v) is 10.7. The van der Waals surface area contributed by atoms with Crippen molar-refractivity contribution in [1.29, 1.82) is 0 Å². The number of aromatic nitrogens is 1. The molecule has 0 spiro atoms. The molecule has 3 heterocycles. The standard InChI is InChI=1S/C33H32N6O3/c1-38-14-16-39(17-15-38)21-22-7-9-23(10-8-22)31(40)35-26-4-2-5-27(19-26)36-32(41)24-11-12-28-29(20-25-6-3-13-34-25)33(42)37-30(28)18-24/h2-13,18-20,34H,14-17,21H2,1H3,(H,35,40)(H,36,41)(H,37,42)/b29-20-. The zero-order valence-corrected chi connectivity index (χ0v) is 23.3. The number of nitrogens with zero attached hydrogens (tertiary/aromatic N) is 2. The van der Waals surface area contributed by atoms with Crippen LogP contribution in [0, 0.1) is 0 Å². The van der Waals surface area contributed by atoms with E-state index < -0.39 is 0 Å². The molecular weight excluding hydrogens is 528 g/mol. The Hall–Kier alpha value is -4.99. The molecule has 212 valence electrons. The number of carbonyl (C=O) groups excluding carboxylic acids is 3. The molecular formula is C33H32N6O3. The van der Waals surface area contributed by atoms with Crippen molar-refractivity contribution in [3.63, 3.8) is 0 Å². The van der Waals surface area contributed by atoms with Gasteiger partial charge in [0.05, 0.1) is 5.57 Å². The van der Waals surface area contributed by atoms with Gasteiger partial charge in [0.15, 0.2) is 0 Å². The quantitative estimate of drug-likeness (QED) is 0.244. The molecule has 4 aromatic rings. The molecule has 42 heavy (non-hydrogen) atoms. The minimum Gasteiger partial charge on any atom is -0.362 e. The number of hydrogen-bond acceptors (Lipinski definition) is 5. The van der Waals surface area contributed by atoms with Crippen LogP contribution in [0.1, 0.15) is 37.5 Å². The number of amides is 3. The lowest BCUT2D eigenvalue weighted by molar-refractivity contribution is -0.110. The molecule has 1 saturated heterocycles. The number of H-pyrrole nitrogens is 1. The van der Waals surface area contributed by atoms with Gasteiger partial charge in [-0.25, -0.2) is 0 Å². The first kappa shape index (κ1) is 27.2. The molecule has 1 fully saturated rings. The fourth-order valence-corrected chi connectivity index (χ4v) is 5.18. The summed E-state index contributed by atoms with van der Waals surface area (Å²) in [5.41, 5.74) is 5.94. The van der Waals surface area contributed by atoms with Crippen molar-refractivity contribution in [3.8, 4) is 0 Å². The summed E-state index contributed by atoms with van der Waals surface area (Å²) in [6.07, 6.45) is 3.57. The van der Waals surface area contributed by atoms with E-state index in [9.17, 15) is 14.4 Å². The molecule has 9 heteroatoms. The summed E-state index contributed by atoms with van der Waals surface area (Å²) in [5.74, 6) is -0.763. The highest BCUT2D eigenvalue weighted by molar-refractivity contribution is 6.35. The van der Waals surface area contributed by atoms with Gasteiger partial charge in [-0.3, -0.25) is 19.3 Å². The van der Waals surface area contributed by atoms with Crippen LogP contribution in [-0.4, -0.2) is 65.7 Å². The fraction of sp³-hybridized carbons (Fsp3) is 0.182. The van der Waals surface area contributed by atoms with Crippen LogP contribution in [0.3, 0.4) is 0 Å². The summed E-state index contributed by atoms with van der Waals surface area (Å²) >= 11 is 0.